The van der Waals surface area contributed by atoms with E-state index in [1.54, 1.807) is 6.07 Å². The number of hydrogen-bond acceptors (Lipinski definition) is 4. The maximum atomic E-state index is 13.0. The van der Waals surface area contributed by atoms with Crippen LogP contribution in [0.3, 0.4) is 0 Å². The van der Waals surface area contributed by atoms with Gasteiger partial charge in [0.2, 0.25) is 0 Å². The monoisotopic (exact) mass is 251 g/mol. The first-order chi connectivity index (χ1) is 8.68. The van der Waals surface area contributed by atoms with Crippen molar-refractivity contribution >= 4 is 11.4 Å². The maximum Gasteiger partial charge on any atom is 0.310 e. The maximum absolute atomic E-state index is 13.0. The molecule has 1 saturated heterocycles. The minimum Gasteiger partial charge on any atom is -0.366 e. The van der Waals surface area contributed by atoms with E-state index in [4.69, 9.17) is 0 Å². The molecule has 0 radical (unpaired) electrons. The topological polar surface area (TPSA) is 59.3 Å². The van der Waals surface area contributed by atoms with Crippen LogP contribution in [0.1, 0.15) is 12.8 Å². The van der Waals surface area contributed by atoms with Crippen LogP contribution in [0.15, 0.2) is 18.5 Å². The van der Waals surface area contributed by atoms with E-state index in [2.05, 4.69) is 17.8 Å². The number of terminal acetylenes is 1. The third-order valence-corrected chi connectivity index (χ3v) is 2.74. The van der Waals surface area contributed by atoms with E-state index in [-0.39, 0.29) is 5.69 Å². The fraction of sp³-hybridized carbons (Fsp3) is 0.417. The van der Waals surface area contributed by atoms with Gasteiger partial charge in [-0.3, -0.25) is 15.1 Å². The van der Waals surface area contributed by atoms with E-state index in [1.165, 1.54) is 12.4 Å². The minimum atomic E-state index is -0.780. The molecule has 0 saturated carbocycles. The second kappa shape index (κ2) is 6.55. The second-order valence-electron chi connectivity index (χ2n) is 3.78. The lowest BCUT2D eigenvalue weighted by Gasteiger charge is -2.29. The number of nitro groups is 1. The smallest absolute Gasteiger partial charge is 0.310 e. The standard InChI is InChI=1S/C10H12FN3O2.C2H2/c11-8-2-5-13(6-3-8)9-1-4-12-7-10(9)14(15)16;1-2/h1,4,7-8H,2-3,5-6H2;1-2H. The average molecular weight is 251 g/mol. The van der Waals surface area contributed by atoms with Crippen molar-refractivity contribution < 1.29 is 9.31 Å². The summed E-state index contributed by atoms with van der Waals surface area (Å²) in [6.45, 7) is 1.04. The van der Waals surface area contributed by atoms with Crippen LogP contribution in [0.4, 0.5) is 15.8 Å². The highest BCUT2D eigenvalue weighted by molar-refractivity contribution is 5.61. The molecule has 0 N–H and O–H groups in total. The van der Waals surface area contributed by atoms with Crippen molar-refractivity contribution in [3.63, 3.8) is 0 Å². The number of hydrogen-bond donors (Lipinski definition) is 0. The van der Waals surface area contributed by atoms with Gasteiger partial charge in [0.1, 0.15) is 18.1 Å². The van der Waals surface area contributed by atoms with Gasteiger partial charge in [-0.15, -0.1) is 12.8 Å². The first-order valence-corrected chi connectivity index (χ1v) is 5.49. The van der Waals surface area contributed by atoms with Gasteiger partial charge in [-0.25, -0.2) is 4.39 Å². The van der Waals surface area contributed by atoms with Gasteiger partial charge in [0.05, 0.1) is 4.92 Å². The van der Waals surface area contributed by atoms with Crippen LogP contribution in [0.5, 0.6) is 0 Å². The van der Waals surface area contributed by atoms with E-state index in [0.29, 0.717) is 31.6 Å². The third-order valence-electron chi connectivity index (χ3n) is 2.74. The molecule has 0 aliphatic carbocycles. The summed E-state index contributed by atoms with van der Waals surface area (Å²) in [7, 11) is 0. The summed E-state index contributed by atoms with van der Waals surface area (Å²) >= 11 is 0. The van der Waals surface area contributed by atoms with Crippen LogP contribution < -0.4 is 4.90 Å². The van der Waals surface area contributed by atoms with Crippen molar-refractivity contribution in [2.24, 2.45) is 0 Å². The number of rotatable bonds is 2. The Labute approximate surface area is 105 Å². The van der Waals surface area contributed by atoms with Gasteiger partial charge in [0.25, 0.3) is 0 Å². The quantitative estimate of drug-likeness (QED) is 0.459. The molecule has 1 aliphatic rings. The van der Waals surface area contributed by atoms with E-state index in [0.717, 1.165) is 0 Å². The summed E-state index contributed by atoms with van der Waals surface area (Å²) in [6.07, 6.45) is 10.8. The zero-order chi connectivity index (χ0) is 13.5. The van der Waals surface area contributed by atoms with Crippen molar-refractivity contribution in [3.05, 3.63) is 28.6 Å². The van der Waals surface area contributed by atoms with Crippen molar-refractivity contribution in [1.29, 1.82) is 0 Å². The summed E-state index contributed by atoms with van der Waals surface area (Å²) in [5.41, 5.74) is 0.520. The van der Waals surface area contributed by atoms with Gasteiger partial charge in [0, 0.05) is 19.3 Å². The molecule has 0 bridgehead atoms. The molecule has 1 aromatic heterocycles. The zero-order valence-corrected chi connectivity index (χ0v) is 9.83. The molecule has 2 rings (SSSR count). The molecular formula is C12H14FN3O2. The van der Waals surface area contributed by atoms with E-state index < -0.39 is 11.1 Å². The molecule has 0 atom stereocenters. The molecule has 1 fully saturated rings. The van der Waals surface area contributed by atoms with Crippen molar-refractivity contribution in [3.8, 4) is 12.8 Å². The number of aromatic nitrogens is 1. The molecular weight excluding hydrogens is 237 g/mol. The molecule has 2 heterocycles. The highest BCUT2D eigenvalue weighted by Crippen LogP contribution is 2.29. The van der Waals surface area contributed by atoms with Crippen LogP contribution in [-0.2, 0) is 0 Å². The number of pyridine rings is 1. The predicted molar refractivity (Wildman–Crippen MR) is 67.1 cm³/mol. The molecule has 0 amide bonds. The highest BCUT2D eigenvalue weighted by atomic mass is 19.1. The van der Waals surface area contributed by atoms with Crippen LogP contribution >= 0.6 is 0 Å². The Bertz CT molecular complexity index is 428. The Balaban J connectivity index is 0.000000771. The molecule has 5 nitrogen and oxygen atoms in total. The Kier molecular flexibility index (Phi) is 5.06. The highest BCUT2D eigenvalue weighted by Gasteiger charge is 2.24. The molecule has 6 heteroatoms. The van der Waals surface area contributed by atoms with Gasteiger partial charge in [0.15, 0.2) is 0 Å². The van der Waals surface area contributed by atoms with Crippen LogP contribution in [0.25, 0.3) is 0 Å². The normalized spacial score (nSPS) is 15.6. The zero-order valence-electron chi connectivity index (χ0n) is 9.83. The van der Waals surface area contributed by atoms with E-state index >= 15 is 0 Å². The summed E-state index contributed by atoms with van der Waals surface area (Å²) in [4.78, 5) is 15.9. The lowest BCUT2D eigenvalue weighted by molar-refractivity contribution is -0.384. The minimum absolute atomic E-state index is 0.0141. The molecule has 18 heavy (non-hydrogen) atoms. The average Bonchev–Trinajstić information content (AvgIpc) is 2.42. The summed E-state index contributed by atoms with van der Waals surface area (Å²) in [5, 5.41) is 10.8. The molecule has 0 aromatic carbocycles. The van der Waals surface area contributed by atoms with E-state index in [9.17, 15) is 14.5 Å². The van der Waals surface area contributed by atoms with Crippen LogP contribution in [0.2, 0.25) is 0 Å². The molecule has 0 spiro atoms. The molecule has 1 aliphatic heterocycles. The van der Waals surface area contributed by atoms with Gasteiger partial charge >= 0.3 is 5.69 Å². The van der Waals surface area contributed by atoms with Crippen molar-refractivity contribution in [2.75, 3.05) is 18.0 Å². The Hall–Kier alpha value is -2.16. The van der Waals surface area contributed by atoms with Crippen LogP contribution in [-0.4, -0.2) is 29.2 Å². The van der Waals surface area contributed by atoms with Crippen LogP contribution in [0, 0.1) is 23.0 Å². The second-order valence-corrected chi connectivity index (χ2v) is 3.78. The number of anilines is 1. The predicted octanol–water partition coefficient (Wildman–Crippen LogP) is 2.18. The van der Waals surface area contributed by atoms with E-state index in [1.807, 2.05) is 4.90 Å². The number of piperidine rings is 1. The number of halogens is 1. The van der Waals surface area contributed by atoms with Gasteiger partial charge in [-0.2, -0.15) is 0 Å². The first-order valence-electron chi connectivity index (χ1n) is 5.49. The summed E-state index contributed by atoms with van der Waals surface area (Å²) in [6, 6.07) is 1.61. The lowest BCUT2D eigenvalue weighted by Crippen LogP contribution is -2.34. The third kappa shape index (κ3) is 3.17. The Morgan fingerprint density at radius 2 is 2.06 bits per heavy atom. The largest absolute Gasteiger partial charge is 0.366 e. The first kappa shape index (κ1) is 13.9. The fourth-order valence-corrected chi connectivity index (χ4v) is 1.88. The molecule has 1 aromatic rings. The fourth-order valence-electron chi connectivity index (χ4n) is 1.88. The summed E-state index contributed by atoms with van der Waals surface area (Å²) in [5.74, 6) is 0. The van der Waals surface area contributed by atoms with Crippen molar-refractivity contribution in [1.82, 2.24) is 4.98 Å². The Morgan fingerprint density at radius 3 is 2.61 bits per heavy atom. The number of alkyl halides is 1. The Morgan fingerprint density at radius 1 is 1.44 bits per heavy atom. The van der Waals surface area contributed by atoms with Gasteiger partial charge in [-0.05, 0) is 18.9 Å². The lowest BCUT2D eigenvalue weighted by atomic mass is 10.1. The summed E-state index contributed by atoms with van der Waals surface area (Å²) < 4.78 is 13.0. The SMILES string of the molecule is C#C.O=[N+]([O-])c1cnccc1N1CCC(F)CC1. The van der Waals surface area contributed by atoms with Crippen molar-refractivity contribution in [2.45, 2.75) is 19.0 Å². The van der Waals surface area contributed by atoms with Gasteiger partial charge < -0.3 is 4.90 Å². The van der Waals surface area contributed by atoms with Gasteiger partial charge in [-0.1, -0.05) is 0 Å². The number of nitrogens with zero attached hydrogens (tertiary/aromatic N) is 3. The molecule has 96 valence electrons. The molecule has 0 unspecified atom stereocenters.